The lowest BCUT2D eigenvalue weighted by Crippen LogP contribution is -2.23. The van der Waals surface area contributed by atoms with E-state index in [1.807, 2.05) is 13.0 Å². The second kappa shape index (κ2) is 5.38. The van der Waals surface area contributed by atoms with Crippen molar-refractivity contribution < 1.29 is 4.92 Å². The van der Waals surface area contributed by atoms with E-state index >= 15 is 0 Å². The molecular weight excluding hydrogens is 228 g/mol. The van der Waals surface area contributed by atoms with Crippen molar-refractivity contribution >= 4 is 11.4 Å². The first kappa shape index (κ1) is 12.9. The summed E-state index contributed by atoms with van der Waals surface area (Å²) in [5.41, 5.74) is 1.95. The van der Waals surface area contributed by atoms with Crippen molar-refractivity contribution in [1.82, 2.24) is 0 Å². The topological polar surface area (TPSA) is 55.2 Å². The van der Waals surface area contributed by atoms with Crippen molar-refractivity contribution in [3.63, 3.8) is 0 Å². The zero-order chi connectivity index (χ0) is 13.1. The fourth-order valence-electron chi connectivity index (χ4n) is 2.79. The van der Waals surface area contributed by atoms with Gasteiger partial charge in [0.25, 0.3) is 5.69 Å². The molecule has 2 rings (SSSR count). The van der Waals surface area contributed by atoms with E-state index in [-0.39, 0.29) is 10.6 Å². The summed E-state index contributed by atoms with van der Waals surface area (Å²) in [6, 6.07) is 5.58. The Morgan fingerprint density at radius 3 is 2.61 bits per heavy atom. The van der Waals surface area contributed by atoms with E-state index in [1.165, 1.54) is 25.7 Å². The van der Waals surface area contributed by atoms with Crippen molar-refractivity contribution in [2.24, 2.45) is 5.92 Å². The highest BCUT2D eigenvalue weighted by molar-refractivity contribution is 5.54. The van der Waals surface area contributed by atoms with E-state index in [2.05, 4.69) is 12.2 Å². The summed E-state index contributed by atoms with van der Waals surface area (Å²) in [6.07, 6.45) is 5.15. The molecule has 0 radical (unpaired) electrons. The molecule has 1 atom stereocenters. The van der Waals surface area contributed by atoms with Gasteiger partial charge in [0.1, 0.15) is 0 Å². The normalized spacial score (nSPS) is 17.7. The van der Waals surface area contributed by atoms with E-state index in [9.17, 15) is 10.1 Å². The molecule has 1 aliphatic carbocycles. The number of hydrogen-bond acceptors (Lipinski definition) is 3. The minimum atomic E-state index is -0.335. The van der Waals surface area contributed by atoms with Crippen molar-refractivity contribution in [3.8, 4) is 0 Å². The largest absolute Gasteiger partial charge is 0.382 e. The van der Waals surface area contributed by atoms with Crippen LogP contribution in [0.25, 0.3) is 0 Å². The van der Waals surface area contributed by atoms with Crippen molar-refractivity contribution in [2.45, 2.75) is 45.6 Å². The molecule has 0 aliphatic heterocycles. The summed E-state index contributed by atoms with van der Waals surface area (Å²) in [6.45, 7) is 4.06. The van der Waals surface area contributed by atoms with Crippen LogP contribution in [-0.2, 0) is 0 Å². The number of rotatable bonds is 4. The molecule has 1 N–H and O–H groups in total. The Hall–Kier alpha value is -1.58. The lowest BCUT2D eigenvalue weighted by Gasteiger charge is -2.21. The Labute approximate surface area is 108 Å². The van der Waals surface area contributed by atoms with Gasteiger partial charge in [-0.1, -0.05) is 12.8 Å². The van der Waals surface area contributed by atoms with Crippen LogP contribution in [0.2, 0.25) is 0 Å². The molecule has 0 bridgehead atoms. The zero-order valence-electron chi connectivity index (χ0n) is 11.0. The summed E-state index contributed by atoms with van der Waals surface area (Å²) in [7, 11) is 0. The summed E-state index contributed by atoms with van der Waals surface area (Å²) in [5, 5.41) is 14.2. The van der Waals surface area contributed by atoms with Gasteiger partial charge in [-0.3, -0.25) is 10.1 Å². The minimum absolute atomic E-state index is 0.163. The summed E-state index contributed by atoms with van der Waals surface area (Å²) >= 11 is 0. The first-order valence-corrected chi connectivity index (χ1v) is 6.59. The highest BCUT2D eigenvalue weighted by Gasteiger charge is 2.21. The van der Waals surface area contributed by atoms with Crippen LogP contribution < -0.4 is 5.32 Å². The molecular formula is C14H20N2O2. The van der Waals surface area contributed by atoms with Gasteiger partial charge in [-0.05, 0) is 44.2 Å². The highest BCUT2D eigenvalue weighted by Crippen LogP contribution is 2.30. The molecule has 4 nitrogen and oxygen atoms in total. The van der Waals surface area contributed by atoms with E-state index < -0.39 is 0 Å². The average molecular weight is 248 g/mol. The lowest BCUT2D eigenvalue weighted by atomic mass is 9.99. The predicted molar refractivity (Wildman–Crippen MR) is 72.9 cm³/mol. The lowest BCUT2D eigenvalue weighted by molar-refractivity contribution is -0.384. The van der Waals surface area contributed by atoms with Gasteiger partial charge in [-0.15, -0.1) is 0 Å². The number of non-ortho nitro benzene ring substituents is 1. The van der Waals surface area contributed by atoms with E-state index in [4.69, 9.17) is 0 Å². The van der Waals surface area contributed by atoms with Crippen LogP contribution in [0.5, 0.6) is 0 Å². The first-order valence-electron chi connectivity index (χ1n) is 6.59. The van der Waals surface area contributed by atoms with Gasteiger partial charge in [0, 0.05) is 23.9 Å². The molecule has 4 heteroatoms. The van der Waals surface area contributed by atoms with Gasteiger partial charge in [-0.2, -0.15) is 0 Å². The SMILES string of the molecule is Cc1cc(NC(C)C2CCCC2)cc([N+](=O)[O-])c1. The second-order valence-corrected chi connectivity index (χ2v) is 5.29. The zero-order valence-corrected chi connectivity index (χ0v) is 11.0. The molecule has 1 fully saturated rings. The van der Waals surface area contributed by atoms with Crippen molar-refractivity contribution in [1.29, 1.82) is 0 Å². The fraction of sp³-hybridized carbons (Fsp3) is 0.571. The number of anilines is 1. The van der Waals surface area contributed by atoms with Crippen molar-refractivity contribution in [3.05, 3.63) is 33.9 Å². The molecule has 98 valence electrons. The van der Waals surface area contributed by atoms with Crippen LogP contribution in [0.4, 0.5) is 11.4 Å². The molecule has 0 spiro atoms. The molecule has 1 aromatic carbocycles. The van der Waals surface area contributed by atoms with Gasteiger partial charge in [0.15, 0.2) is 0 Å². The maximum Gasteiger partial charge on any atom is 0.271 e. The van der Waals surface area contributed by atoms with Crippen LogP contribution in [-0.4, -0.2) is 11.0 Å². The van der Waals surface area contributed by atoms with Gasteiger partial charge < -0.3 is 5.32 Å². The van der Waals surface area contributed by atoms with E-state index in [0.29, 0.717) is 12.0 Å². The fourth-order valence-corrected chi connectivity index (χ4v) is 2.79. The number of hydrogen-bond donors (Lipinski definition) is 1. The van der Waals surface area contributed by atoms with Crippen LogP contribution >= 0.6 is 0 Å². The van der Waals surface area contributed by atoms with Crippen molar-refractivity contribution in [2.75, 3.05) is 5.32 Å². The van der Waals surface area contributed by atoms with E-state index in [0.717, 1.165) is 11.3 Å². The first-order chi connectivity index (χ1) is 8.56. The Morgan fingerprint density at radius 2 is 2.00 bits per heavy atom. The monoisotopic (exact) mass is 248 g/mol. The predicted octanol–water partition coefficient (Wildman–Crippen LogP) is 3.89. The highest BCUT2D eigenvalue weighted by atomic mass is 16.6. The molecule has 0 amide bonds. The Bertz CT molecular complexity index is 439. The van der Waals surface area contributed by atoms with E-state index in [1.54, 1.807) is 12.1 Å². The molecule has 1 saturated carbocycles. The third kappa shape index (κ3) is 3.00. The molecule has 18 heavy (non-hydrogen) atoms. The third-order valence-electron chi connectivity index (χ3n) is 3.77. The number of nitro groups is 1. The summed E-state index contributed by atoms with van der Waals surface area (Å²) in [4.78, 5) is 10.5. The smallest absolute Gasteiger partial charge is 0.271 e. The molecule has 0 saturated heterocycles. The molecule has 0 heterocycles. The van der Waals surface area contributed by atoms with Gasteiger partial charge >= 0.3 is 0 Å². The number of aryl methyl sites for hydroxylation is 1. The van der Waals surface area contributed by atoms with Gasteiger partial charge in [-0.25, -0.2) is 0 Å². The number of nitrogens with one attached hydrogen (secondary N) is 1. The minimum Gasteiger partial charge on any atom is -0.382 e. The summed E-state index contributed by atoms with van der Waals surface area (Å²) in [5.74, 6) is 0.699. The van der Waals surface area contributed by atoms with Crippen LogP contribution in [0, 0.1) is 23.0 Å². The van der Waals surface area contributed by atoms with Crippen LogP contribution in [0.3, 0.4) is 0 Å². The molecule has 1 aromatic rings. The maximum absolute atomic E-state index is 10.8. The number of nitrogens with zero attached hydrogens (tertiary/aromatic N) is 1. The maximum atomic E-state index is 10.8. The second-order valence-electron chi connectivity index (χ2n) is 5.29. The van der Waals surface area contributed by atoms with Gasteiger partial charge in [0.2, 0.25) is 0 Å². The summed E-state index contributed by atoms with van der Waals surface area (Å²) < 4.78 is 0. The molecule has 0 aromatic heterocycles. The van der Waals surface area contributed by atoms with Crippen LogP contribution in [0.1, 0.15) is 38.2 Å². The quantitative estimate of drug-likeness (QED) is 0.649. The number of nitro benzene ring substituents is 1. The molecule has 1 unspecified atom stereocenters. The third-order valence-corrected chi connectivity index (χ3v) is 3.77. The average Bonchev–Trinajstić information content (AvgIpc) is 2.81. The van der Waals surface area contributed by atoms with Gasteiger partial charge in [0.05, 0.1) is 4.92 Å². The Morgan fingerprint density at radius 1 is 1.33 bits per heavy atom. The van der Waals surface area contributed by atoms with Crippen LogP contribution in [0.15, 0.2) is 18.2 Å². The molecule has 1 aliphatic rings. The Kier molecular flexibility index (Phi) is 3.84. The standard InChI is InChI=1S/C14H20N2O2/c1-10-7-13(9-14(8-10)16(17)18)15-11(2)12-5-3-4-6-12/h7-9,11-12,15H,3-6H2,1-2H3. The Balaban J connectivity index is 2.10. The number of benzene rings is 1.